The highest BCUT2D eigenvalue weighted by Gasteiger charge is 2.34. The van der Waals surface area contributed by atoms with E-state index in [1.54, 1.807) is 0 Å². The Kier molecular flexibility index (Phi) is 4.99. The molecule has 2 aromatic rings. The minimum atomic E-state index is -4.55. The Morgan fingerprint density at radius 3 is 2.14 bits per heavy atom. The lowest BCUT2D eigenvalue weighted by Gasteiger charge is -2.16. The van der Waals surface area contributed by atoms with Crippen LogP contribution in [0.4, 0.5) is 13.2 Å². The molecule has 0 amide bonds. The molecule has 0 aliphatic heterocycles. The molecule has 0 N–H and O–H groups in total. The first kappa shape index (κ1) is 16.8. The Labute approximate surface area is 139 Å². The van der Waals surface area contributed by atoms with E-state index in [1.807, 2.05) is 0 Å². The molecular weight excluding hydrogens is 367 g/mol. The molecule has 0 bridgehead atoms. The van der Waals surface area contributed by atoms with Gasteiger partial charge in [-0.2, -0.15) is 13.2 Å². The number of benzene rings is 2. The van der Waals surface area contributed by atoms with Crippen molar-refractivity contribution < 1.29 is 13.2 Å². The Morgan fingerprint density at radius 2 is 1.57 bits per heavy atom. The van der Waals surface area contributed by atoms with Gasteiger partial charge in [-0.15, -0.1) is 11.6 Å². The molecule has 112 valence electrons. The number of hydrogen-bond acceptors (Lipinski definition) is 0. The van der Waals surface area contributed by atoms with Gasteiger partial charge in [-0.25, -0.2) is 0 Å². The smallest absolute Gasteiger partial charge is 0.166 e. The summed E-state index contributed by atoms with van der Waals surface area (Å²) in [5.41, 5.74) is -0.439. The van der Waals surface area contributed by atoms with Crippen molar-refractivity contribution in [1.29, 1.82) is 0 Å². The topological polar surface area (TPSA) is 0 Å². The van der Waals surface area contributed by atoms with Crippen LogP contribution in [0.15, 0.2) is 30.3 Å². The van der Waals surface area contributed by atoms with E-state index in [1.165, 1.54) is 24.3 Å². The van der Waals surface area contributed by atoms with Crippen molar-refractivity contribution in [3.05, 3.63) is 56.5 Å². The van der Waals surface area contributed by atoms with Gasteiger partial charge < -0.3 is 0 Å². The summed E-state index contributed by atoms with van der Waals surface area (Å²) in [4.78, 5) is 0. The molecule has 0 radical (unpaired) electrons. The van der Waals surface area contributed by atoms with Crippen molar-refractivity contribution in [2.75, 3.05) is 0 Å². The largest absolute Gasteiger partial charge is 0.417 e. The number of halogens is 7. The molecule has 2 aromatic carbocycles. The Balaban J connectivity index is 2.75. The molecule has 0 aromatic heterocycles. The molecule has 0 aliphatic carbocycles. The van der Waals surface area contributed by atoms with E-state index in [-0.39, 0.29) is 32.1 Å². The van der Waals surface area contributed by atoms with Crippen molar-refractivity contribution in [1.82, 2.24) is 0 Å². The van der Waals surface area contributed by atoms with E-state index in [0.29, 0.717) is 5.56 Å². The Morgan fingerprint density at radius 1 is 0.905 bits per heavy atom. The zero-order valence-corrected chi connectivity index (χ0v) is 13.3. The highest BCUT2D eigenvalue weighted by atomic mass is 35.5. The third kappa shape index (κ3) is 3.59. The first-order chi connectivity index (χ1) is 9.74. The fourth-order valence-electron chi connectivity index (χ4n) is 1.90. The van der Waals surface area contributed by atoms with Gasteiger partial charge in [0.2, 0.25) is 0 Å². The molecule has 0 aliphatic rings. The number of hydrogen-bond donors (Lipinski definition) is 0. The van der Waals surface area contributed by atoms with Crippen molar-refractivity contribution in [2.24, 2.45) is 0 Å². The van der Waals surface area contributed by atoms with E-state index in [0.717, 1.165) is 6.07 Å². The molecule has 0 saturated heterocycles. The summed E-state index contributed by atoms with van der Waals surface area (Å²) in [6.45, 7) is 0. The number of rotatable bonds is 2. The average Bonchev–Trinajstić information content (AvgIpc) is 2.41. The maximum Gasteiger partial charge on any atom is 0.417 e. The summed E-state index contributed by atoms with van der Waals surface area (Å²) < 4.78 is 39.7. The first-order valence-electron chi connectivity index (χ1n) is 5.65. The summed E-state index contributed by atoms with van der Waals surface area (Å²) in [5.74, 6) is -0.0204. The van der Waals surface area contributed by atoms with Crippen molar-refractivity contribution >= 4 is 46.4 Å². The van der Waals surface area contributed by atoms with Crippen molar-refractivity contribution in [3.63, 3.8) is 0 Å². The molecule has 0 atom stereocenters. The lowest BCUT2D eigenvalue weighted by Crippen LogP contribution is -2.08. The maximum atomic E-state index is 13.2. The van der Waals surface area contributed by atoms with Crippen LogP contribution in [0.2, 0.25) is 15.1 Å². The predicted molar refractivity (Wildman–Crippen MR) is 81.5 cm³/mol. The van der Waals surface area contributed by atoms with Crippen LogP contribution in [0.1, 0.15) is 11.1 Å². The van der Waals surface area contributed by atoms with Gasteiger partial charge in [0.25, 0.3) is 0 Å². The lowest BCUT2D eigenvalue weighted by atomic mass is 9.97. The van der Waals surface area contributed by atoms with Crippen LogP contribution >= 0.6 is 46.4 Å². The Hall–Kier alpha value is -0.610. The summed E-state index contributed by atoms with van der Waals surface area (Å²) in [5, 5.41) is 0.313. The molecule has 0 fully saturated rings. The van der Waals surface area contributed by atoms with E-state index in [4.69, 9.17) is 46.4 Å². The zero-order valence-electron chi connectivity index (χ0n) is 10.2. The fraction of sp³-hybridized carbons (Fsp3) is 0.143. The van der Waals surface area contributed by atoms with Gasteiger partial charge in [-0.1, -0.05) is 46.9 Å². The lowest BCUT2D eigenvalue weighted by molar-refractivity contribution is -0.137. The normalized spacial score (nSPS) is 11.8. The van der Waals surface area contributed by atoms with Gasteiger partial charge in [-0.3, -0.25) is 0 Å². The van der Waals surface area contributed by atoms with Gasteiger partial charge in [-0.05, 0) is 29.3 Å². The molecule has 21 heavy (non-hydrogen) atoms. The SMILES string of the molecule is FC(F)(F)c1cc(CCl)ccc1-c1cc(Cl)cc(Cl)c1Cl. The van der Waals surface area contributed by atoms with E-state index >= 15 is 0 Å². The molecule has 7 heteroatoms. The maximum absolute atomic E-state index is 13.2. The average molecular weight is 374 g/mol. The Bertz CT molecular complexity index is 681. The summed E-state index contributed by atoms with van der Waals surface area (Å²) in [7, 11) is 0. The van der Waals surface area contributed by atoms with E-state index in [9.17, 15) is 13.2 Å². The van der Waals surface area contributed by atoms with Crippen LogP contribution in [-0.4, -0.2) is 0 Å². The molecule has 0 saturated carbocycles. The second-order valence-electron chi connectivity index (χ2n) is 4.26. The molecule has 0 heterocycles. The van der Waals surface area contributed by atoms with Crippen LogP contribution in [-0.2, 0) is 12.1 Å². The fourth-order valence-corrected chi connectivity index (χ4v) is 2.77. The van der Waals surface area contributed by atoms with Crippen LogP contribution in [0, 0.1) is 0 Å². The van der Waals surface area contributed by atoms with Gasteiger partial charge in [0.1, 0.15) is 0 Å². The van der Waals surface area contributed by atoms with Gasteiger partial charge >= 0.3 is 6.18 Å². The number of alkyl halides is 4. The van der Waals surface area contributed by atoms with Gasteiger partial charge in [0.15, 0.2) is 0 Å². The summed E-state index contributed by atoms with van der Waals surface area (Å²) in [6.07, 6.45) is -4.55. The van der Waals surface area contributed by atoms with Gasteiger partial charge in [0, 0.05) is 16.5 Å². The molecule has 2 rings (SSSR count). The minimum Gasteiger partial charge on any atom is -0.166 e. The highest BCUT2D eigenvalue weighted by Crippen LogP contribution is 2.43. The standard InChI is InChI=1S/C14H7Cl4F3/c15-6-7-1-2-9(11(3-7)14(19,20)21)10-4-8(16)5-12(17)13(10)18/h1-5H,6H2. The van der Waals surface area contributed by atoms with Gasteiger partial charge in [0.05, 0.1) is 15.6 Å². The third-order valence-corrected chi connectivity index (χ3v) is 4.16. The highest BCUT2D eigenvalue weighted by molar-refractivity contribution is 6.45. The second kappa shape index (κ2) is 6.25. The predicted octanol–water partition coefficient (Wildman–Crippen LogP) is 7.07. The molecular formula is C14H7Cl4F3. The first-order valence-corrected chi connectivity index (χ1v) is 7.32. The minimum absolute atomic E-state index is 0.0187. The summed E-state index contributed by atoms with van der Waals surface area (Å²) >= 11 is 23.3. The van der Waals surface area contributed by atoms with Crippen LogP contribution in [0.25, 0.3) is 11.1 Å². The molecule has 0 unspecified atom stereocenters. The third-order valence-electron chi connectivity index (χ3n) is 2.83. The van der Waals surface area contributed by atoms with Crippen LogP contribution < -0.4 is 0 Å². The van der Waals surface area contributed by atoms with Crippen molar-refractivity contribution in [2.45, 2.75) is 12.1 Å². The van der Waals surface area contributed by atoms with E-state index in [2.05, 4.69) is 0 Å². The zero-order chi connectivity index (χ0) is 15.8. The monoisotopic (exact) mass is 372 g/mol. The van der Waals surface area contributed by atoms with Crippen LogP contribution in [0.5, 0.6) is 0 Å². The van der Waals surface area contributed by atoms with E-state index < -0.39 is 11.7 Å². The van der Waals surface area contributed by atoms with Crippen LogP contribution in [0.3, 0.4) is 0 Å². The molecule has 0 nitrogen and oxygen atoms in total. The summed E-state index contributed by atoms with van der Waals surface area (Å²) in [6, 6.07) is 6.53. The van der Waals surface area contributed by atoms with Crippen molar-refractivity contribution in [3.8, 4) is 11.1 Å². The quantitative estimate of drug-likeness (QED) is 0.390. The second-order valence-corrected chi connectivity index (χ2v) is 5.75. The molecule has 0 spiro atoms.